The maximum Gasteiger partial charge on any atom is 0.195 e. The molecule has 0 fully saturated rings. The van der Waals surface area contributed by atoms with Crippen LogP contribution in [0.15, 0.2) is 48.5 Å². The van der Waals surface area contributed by atoms with Crippen molar-refractivity contribution in [1.29, 1.82) is 0 Å². The third-order valence-electron chi connectivity index (χ3n) is 3.92. The molecule has 0 aliphatic rings. The van der Waals surface area contributed by atoms with Crippen molar-refractivity contribution >= 4 is 28.8 Å². The Labute approximate surface area is 149 Å². The van der Waals surface area contributed by atoms with E-state index in [0.717, 1.165) is 30.6 Å². The van der Waals surface area contributed by atoms with Gasteiger partial charge < -0.3 is 10.2 Å². The van der Waals surface area contributed by atoms with E-state index < -0.39 is 0 Å². The molecule has 0 aliphatic carbocycles. The highest BCUT2D eigenvalue weighted by atomic mass is 32.1. The number of anilines is 1. The van der Waals surface area contributed by atoms with Gasteiger partial charge in [0.15, 0.2) is 10.9 Å². The molecule has 1 N–H and O–H groups in total. The molecule has 2 aromatic carbocycles. The first kappa shape index (κ1) is 18.1. The zero-order valence-electron chi connectivity index (χ0n) is 14.5. The lowest BCUT2D eigenvalue weighted by Crippen LogP contribution is -2.32. The van der Waals surface area contributed by atoms with Crippen LogP contribution in [0, 0.1) is 6.92 Å². The van der Waals surface area contributed by atoms with Gasteiger partial charge in [0.2, 0.25) is 0 Å². The van der Waals surface area contributed by atoms with Gasteiger partial charge in [0.25, 0.3) is 0 Å². The van der Waals surface area contributed by atoms with Crippen molar-refractivity contribution in [3.05, 3.63) is 65.2 Å². The summed E-state index contributed by atoms with van der Waals surface area (Å²) in [6.45, 7) is 5.06. The molecule has 0 aliphatic heterocycles. The number of nitrogens with zero attached hydrogens (tertiary/aromatic N) is 1. The summed E-state index contributed by atoms with van der Waals surface area (Å²) in [5.41, 5.74) is 3.20. The van der Waals surface area contributed by atoms with Crippen molar-refractivity contribution in [2.45, 2.75) is 26.7 Å². The summed E-state index contributed by atoms with van der Waals surface area (Å²) >= 11 is 5.46. The van der Waals surface area contributed by atoms with E-state index in [1.165, 1.54) is 0 Å². The number of nitrogens with one attached hydrogen (secondary N) is 1. The molecule has 0 unspecified atom stereocenters. The molecule has 0 radical (unpaired) electrons. The van der Waals surface area contributed by atoms with Gasteiger partial charge in [0.1, 0.15) is 0 Å². The number of benzene rings is 2. The summed E-state index contributed by atoms with van der Waals surface area (Å²) in [7, 11) is 1.97. The van der Waals surface area contributed by atoms with E-state index in [1.54, 1.807) is 0 Å². The minimum atomic E-state index is -0.00267. The summed E-state index contributed by atoms with van der Waals surface area (Å²) in [5, 5.41) is 3.85. The lowest BCUT2D eigenvalue weighted by molar-refractivity contribution is 0.103. The van der Waals surface area contributed by atoms with Crippen LogP contribution in [0.2, 0.25) is 0 Å². The predicted octanol–water partition coefficient (Wildman–Crippen LogP) is 4.65. The largest absolute Gasteiger partial charge is 0.352 e. The molecule has 24 heavy (non-hydrogen) atoms. The Balaban J connectivity index is 2.19. The molecule has 0 heterocycles. The van der Waals surface area contributed by atoms with Crippen LogP contribution in [0.3, 0.4) is 0 Å². The fraction of sp³-hybridized carbons (Fsp3) is 0.300. The summed E-state index contributed by atoms with van der Waals surface area (Å²) in [6, 6.07) is 15.1. The van der Waals surface area contributed by atoms with E-state index in [-0.39, 0.29) is 5.78 Å². The third-order valence-corrected chi connectivity index (χ3v) is 4.33. The highest BCUT2D eigenvalue weighted by Gasteiger charge is 2.14. The Kier molecular flexibility index (Phi) is 6.50. The number of carbonyl (C=O) groups excluding carboxylic acids is 1. The van der Waals surface area contributed by atoms with E-state index in [0.29, 0.717) is 16.2 Å². The summed E-state index contributed by atoms with van der Waals surface area (Å²) in [4.78, 5) is 14.8. The molecule has 0 saturated heterocycles. The quantitative estimate of drug-likeness (QED) is 0.612. The second-order valence-corrected chi connectivity index (χ2v) is 6.33. The average Bonchev–Trinajstić information content (AvgIpc) is 2.60. The molecule has 0 saturated carbocycles. The van der Waals surface area contributed by atoms with Crippen LogP contribution in [-0.4, -0.2) is 29.4 Å². The monoisotopic (exact) mass is 340 g/mol. The molecule has 2 aromatic rings. The topological polar surface area (TPSA) is 32.3 Å². The molecule has 0 bridgehead atoms. The molecule has 0 aromatic heterocycles. The van der Waals surface area contributed by atoms with Crippen LogP contribution in [0.25, 0.3) is 0 Å². The van der Waals surface area contributed by atoms with Crippen molar-refractivity contribution in [1.82, 2.24) is 4.90 Å². The molecule has 126 valence electrons. The van der Waals surface area contributed by atoms with Gasteiger partial charge in [0, 0.05) is 24.7 Å². The normalized spacial score (nSPS) is 10.3. The Morgan fingerprint density at radius 1 is 1.12 bits per heavy atom. The lowest BCUT2D eigenvalue weighted by Gasteiger charge is -2.21. The molecule has 0 amide bonds. The molecule has 0 atom stereocenters. The second kappa shape index (κ2) is 8.60. The SMILES string of the molecule is CCCCN(C)C(=S)Nc1ccccc1C(=O)c1ccc(C)cc1. The van der Waals surface area contributed by atoms with E-state index in [4.69, 9.17) is 12.2 Å². The van der Waals surface area contributed by atoms with Gasteiger partial charge in [-0.3, -0.25) is 4.79 Å². The molecular weight excluding hydrogens is 316 g/mol. The van der Waals surface area contributed by atoms with Gasteiger partial charge in [-0.15, -0.1) is 0 Å². The first-order valence-corrected chi connectivity index (χ1v) is 8.66. The predicted molar refractivity (Wildman–Crippen MR) is 105 cm³/mol. The van der Waals surface area contributed by atoms with E-state index in [2.05, 4.69) is 12.2 Å². The minimum Gasteiger partial charge on any atom is -0.352 e. The van der Waals surface area contributed by atoms with Crippen molar-refractivity contribution in [3.8, 4) is 0 Å². The fourth-order valence-electron chi connectivity index (χ4n) is 2.36. The average molecular weight is 340 g/mol. The van der Waals surface area contributed by atoms with Crippen molar-refractivity contribution in [2.24, 2.45) is 0 Å². The van der Waals surface area contributed by atoms with Gasteiger partial charge in [-0.05, 0) is 37.7 Å². The van der Waals surface area contributed by atoms with E-state index in [1.807, 2.05) is 67.4 Å². The van der Waals surface area contributed by atoms with Crippen LogP contribution in [-0.2, 0) is 0 Å². The van der Waals surface area contributed by atoms with Crippen LogP contribution >= 0.6 is 12.2 Å². The number of hydrogen-bond donors (Lipinski definition) is 1. The number of carbonyl (C=O) groups is 1. The number of aryl methyl sites for hydroxylation is 1. The highest BCUT2D eigenvalue weighted by Crippen LogP contribution is 2.20. The van der Waals surface area contributed by atoms with Crippen LogP contribution < -0.4 is 5.32 Å². The standard InChI is InChI=1S/C20H24N2OS/c1-4-5-14-22(3)20(24)21-18-9-7-6-8-17(18)19(23)16-12-10-15(2)11-13-16/h6-13H,4-5,14H2,1-3H3,(H,21,24). The van der Waals surface area contributed by atoms with Crippen LogP contribution in [0.5, 0.6) is 0 Å². The van der Waals surface area contributed by atoms with Crippen LogP contribution in [0.4, 0.5) is 5.69 Å². The molecule has 2 rings (SSSR count). The Bertz CT molecular complexity index is 710. The van der Waals surface area contributed by atoms with Gasteiger partial charge in [-0.1, -0.05) is 55.3 Å². The Morgan fingerprint density at radius 3 is 2.46 bits per heavy atom. The summed E-state index contributed by atoms with van der Waals surface area (Å²) in [6.07, 6.45) is 2.21. The zero-order valence-corrected chi connectivity index (χ0v) is 15.3. The van der Waals surface area contributed by atoms with Gasteiger partial charge in [-0.25, -0.2) is 0 Å². The lowest BCUT2D eigenvalue weighted by atomic mass is 10.0. The number of ketones is 1. The second-order valence-electron chi connectivity index (χ2n) is 5.95. The Hall–Kier alpha value is -2.20. The summed E-state index contributed by atoms with van der Waals surface area (Å²) in [5.74, 6) is -0.00267. The highest BCUT2D eigenvalue weighted by molar-refractivity contribution is 7.80. The third kappa shape index (κ3) is 4.65. The van der Waals surface area contributed by atoms with Crippen molar-refractivity contribution in [3.63, 3.8) is 0 Å². The maximum absolute atomic E-state index is 12.8. The first-order chi connectivity index (χ1) is 11.5. The molecule has 4 heteroatoms. The number of thiocarbonyl (C=S) groups is 1. The summed E-state index contributed by atoms with van der Waals surface area (Å²) < 4.78 is 0. The maximum atomic E-state index is 12.8. The smallest absolute Gasteiger partial charge is 0.195 e. The zero-order chi connectivity index (χ0) is 17.5. The number of hydrogen-bond acceptors (Lipinski definition) is 2. The number of unbranched alkanes of at least 4 members (excludes halogenated alkanes) is 1. The van der Waals surface area contributed by atoms with Crippen molar-refractivity contribution < 1.29 is 4.79 Å². The number of rotatable bonds is 6. The van der Waals surface area contributed by atoms with Gasteiger partial charge >= 0.3 is 0 Å². The minimum absolute atomic E-state index is 0.00267. The fourth-order valence-corrected chi connectivity index (χ4v) is 2.56. The van der Waals surface area contributed by atoms with Crippen LogP contribution in [0.1, 0.15) is 41.3 Å². The van der Waals surface area contributed by atoms with E-state index >= 15 is 0 Å². The molecule has 3 nitrogen and oxygen atoms in total. The van der Waals surface area contributed by atoms with Gasteiger partial charge in [0.05, 0.1) is 5.69 Å². The molecular formula is C20H24N2OS. The van der Waals surface area contributed by atoms with E-state index in [9.17, 15) is 4.79 Å². The Morgan fingerprint density at radius 2 is 1.79 bits per heavy atom. The number of para-hydroxylation sites is 1. The van der Waals surface area contributed by atoms with Crippen molar-refractivity contribution in [2.75, 3.05) is 18.9 Å². The first-order valence-electron chi connectivity index (χ1n) is 8.25. The molecule has 0 spiro atoms. The van der Waals surface area contributed by atoms with Gasteiger partial charge in [-0.2, -0.15) is 0 Å².